The monoisotopic (exact) mass is 500 g/mol. The molecule has 4 rings (SSSR count). The Morgan fingerprint density at radius 2 is 1.06 bits per heavy atom. The second-order valence-corrected chi connectivity index (χ2v) is 8.03. The molecule has 36 heavy (non-hydrogen) atoms. The van der Waals surface area contributed by atoms with Crippen molar-refractivity contribution in [1.29, 1.82) is 0 Å². The molecule has 14 heteroatoms. The van der Waals surface area contributed by atoms with E-state index in [1.165, 1.54) is 24.3 Å². The highest BCUT2D eigenvalue weighted by Crippen LogP contribution is 2.31. The molecule has 2 aromatic carbocycles. The number of hydrazine groups is 1. The van der Waals surface area contributed by atoms with Crippen molar-refractivity contribution in [3.8, 4) is 0 Å². The molecule has 0 bridgehead atoms. The number of anilines is 2. The Kier molecular flexibility index (Phi) is 7.56. The number of nitrogens with zero attached hydrogens (tertiary/aromatic N) is 4. The van der Waals surface area contributed by atoms with E-state index in [-0.39, 0.29) is 22.5 Å². The van der Waals surface area contributed by atoms with Crippen molar-refractivity contribution >= 4 is 34.6 Å². The molecule has 2 heterocycles. The molecule has 0 spiro atoms. The Balaban J connectivity index is 1.45. The average Bonchev–Trinajstić information content (AvgIpc) is 2.91. The van der Waals surface area contributed by atoms with Gasteiger partial charge in [-0.1, -0.05) is 0 Å². The minimum absolute atomic E-state index is 0.0346. The molecule has 0 aromatic heterocycles. The maximum absolute atomic E-state index is 12.6. The molecule has 190 valence electrons. The van der Waals surface area contributed by atoms with E-state index in [9.17, 15) is 29.8 Å². The molecular formula is C22H24N6O8. The van der Waals surface area contributed by atoms with Crippen LogP contribution in [0.5, 0.6) is 0 Å². The number of nitro benzene ring substituents is 2. The van der Waals surface area contributed by atoms with Gasteiger partial charge in [-0.25, -0.2) is 0 Å². The summed E-state index contributed by atoms with van der Waals surface area (Å²) in [7, 11) is 0. The number of hydrogen-bond donors (Lipinski definition) is 2. The van der Waals surface area contributed by atoms with Crippen LogP contribution in [0, 0.1) is 20.2 Å². The van der Waals surface area contributed by atoms with E-state index in [0.29, 0.717) is 64.0 Å². The third-order valence-corrected chi connectivity index (χ3v) is 5.86. The first-order valence-electron chi connectivity index (χ1n) is 11.2. The second kappa shape index (κ2) is 11.0. The van der Waals surface area contributed by atoms with Gasteiger partial charge in [0.1, 0.15) is 11.4 Å². The maximum atomic E-state index is 12.6. The van der Waals surface area contributed by atoms with Gasteiger partial charge in [0.25, 0.3) is 23.2 Å². The molecule has 0 saturated carbocycles. The number of nitro groups is 2. The number of rotatable bonds is 6. The van der Waals surface area contributed by atoms with Crippen molar-refractivity contribution in [1.82, 2.24) is 10.9 Å². The van der Waals surface area contributed by atoms with Crippen LogP contribution >= 0.6 is 0 Å². The molecule has 14 nitrogen and oxygen atoms in total. The summed E-state index contributed by atoms with van der Waals surface area (Å²) in [4.78, 5) is 50.8. The van der Waals surface area contributed by atoms with Gasteiger partial charge in [0.15, 0.2) is 0 Å². The SMILES string of the molecule is O=C(NNC(=O)c1ccc(N2CCOCC2)c([N+](=O)[O-])c1)c1ccc(N2CCOCC2)c([N+](=O)[O-])c1. The minimum Gasteiger partial charge on any atom is -0.378 e. The predicted octanol–water partition coefficient (Wildman–Crippen LogP) is 1.25. The van der Waals surface area contributed by atoms with Gasteiger partial charge < -0.3 is 19.3 Å². The lowest BCUT2D eigenvalue weighted by atomic mass is 10.1. The van der Waals surface area contributed by atoms with Crippen LogP contribution in [0.25, 0.3) is 0 Å². The Hall–Kier alpha value is -4.30. The lowest BCUT2D eigenvalue weighted by Gasteiger charge is -2.28. The van der Waals surface area contributed by atoms with Crippen molar-refractivity contribution in [3.63, 3.8) is 0 Å². The summed E-state index contributed by atoms with van der Waals surface area (Å²) in [6.45, 7) is 3.71. The number of carbonyl (C=O) groups excluding carboxylic acids is 2. The second-order valence-electron chi connectivity index (χ2n) is 8.03. The summed E-state index contributed by atoms with van der Waals surface area (Å²) in [6, 6.07) is 8.06. The van der Waals surface area contributed by atoms with Crippen LogP contribution < -0.4 is 20.7 Å². The molecule has 0 atom stereocenters. The van der Waals surface area contributed by atoms with E-state index in [1.54, 1.807) is 9.80 Å². The van der Waals surface area contributed by atoms with Gasteiger partial charge in [-0.3, -0.25) is 40.7 Å². The largest absolute Gasteiger partial charge is 0.378 e. The summed E-state index contributed by atoms with van der Waals surface area (Å²) >= 11 is 0. The topological polar surface area (TPSA) is 169 Å². The normalized spacial score (nSPS) is 15.8. The van der Waals surface area contributed by atoms with Gasteiger partial charge in [-0.15, -0.1) is 0 Å². The smallest absolute Gasteiger partial charge is 0.293 e. The van der Waals surface area contributed by atoms with Crippen molar-refractivity contribution in [3.05, 3.63) is 67.8 Å². The van der Waals surface area contributed by atoms with Gasteiger partial charge >= 0.3 is 0 Å². The van der Waals surface area contributed by atoms with Crippen LogP contribution in [-0.2, 0) is 9.47 Å². The van der Waals surface area contributed by atoms with E-state index in [4.69, 9.17) is 9.47 Å². The van der Waals surface area contributed by atoms with Crippen LogP contribution in [0.1, 0.15) is 20.7 Å². The zero-order valence-electron chi connectivity index (χ0n) is 19.2. The van der Waals surface area contributed by atoms with Gasteiger partial charge in [0.05, 0.1) is 36.3 Å². The number of benzene rings is 2. The molecule has 0 aliphatic carbocycles. The first kappa shape index (κ1) is 24.8. The lowest BCUT2D eigenvalue weighted by Crippen LogP contribution is -2.42. The summed E-state index contributed by atoms with van der Waals surface area (Å²) < 4.78 is 10.5. The standard InChI is InChI=1S/C22H24N6O8/c29-21(15-1-3-17(19(13-15)27(31)32)25-5-9-35-10-6-25)23-24-22(30)16-2-4-18(20(14-16)28(33)34)26-7-11-36-12-8-26/h1-4,13-14H,5-12H2,(H,23,29)(H,24,30). The number of nitrogens with one attached hydrogen (secondary N) is 2. The van der Waals surface area contributed by atoms with E-state index in [0.717, 1.165) is 12.1 Å². The van der Waals surface area contributed by atoms with Crippen LogP contribution in [-0.4, -0.2) is 74.3 Å². The van der Waals surface area contributed by atoms with Gasteiger partial charge in [0.2, 0.25) is 0 Å². The number of morpholine rings is 2. The van der Waals surface area contributed by atoms with Gasteiger partial charge in [-0.05, 0) is 24.3 Å². The third-order valence-electron chi connectivity index (χ3n) is 5.86. The molecule has 2 N–H and O–H groups in total. The van der Waals surface area contributed by atoms with Crippen molar-refractivity contribution in [2.45, 2.75) is 0 Å². The van der Waals surface area contributed by atoms with Crippen LogP contribution in [0.2, 0.25) is 0 Å². The number of ether oxygens (including phenoxy) is 2. The van der Waals surface area contributed by atoms with Crippen molar-refractivity contribution < 1.29 is 28.9 Å². The van der Waals surface area contributed by atoms with Crippen molar-refractivity contribution in [2.24, 2.45) is 0 Å². The van der Waals surface area contributed by atoms with E-state index in [1.807, 2.05) is 0 Å². The zero-order valence-corrected chi connectivity index (χ0v) is 19.2. The van der Waals surface area contributed by atoms with E-state index in [2.05, 4.69) is 10.9 Å². The average molecular weight is 500 g/mol. The van der Waals surface area contributed by atoms with Crippen LogP contribution in [0.15, 0.2) is 36.4 Å². The maximum Gasteiger partial charge on any atom is 0.293 e. The Labute approximate surface area is 205 Å². The highest BCUT2D eigenvalue weighted by atomic mass is 16.6. The summed E-state index contributed by atoms with van der Waals surface area (Å²) in [5, 5.41) is 23.2. The summed E-state index contributed by atoms with van der Waals surface area (Å²) in [6.07, 6.45) is 0. The molecule has 2 amide bonds. The minimum atomic E-state index is -0.778. The fourth-order valence-corrected chi connectivity index (χ4v) is 4.02. The Morgan fingerprint density at radius 3 is 1.39 bits per heavy atom. The quantitative estimate of drug-likeness (QED) is 0.435. The van der Waals surface area contributed by atoms with Crippen LogP contribution in [0.4, 0.5) is 22.7 Å². The molecule has 0 radical (unpaired) electrons. The first-order valence-corrected chi connectivity index (χ1v) is 11.2. The third kappa shape index (κ3) is 5.50. The molecule has 2 aromatic rings. The zero-order chi connectivity index (χ0) is 25.7. The molecular weight excluding hydrogens is 476 g/mol. The van der Waals surface area contributed by atoms with E-state index < -0.39 is 21.7 Å². The molecule has 2 aliphatic heterocycles. The lowest BCUT2D eigenvalue weighted by molar-refractivity contribution is -0.384. The highest BCUT2D eigenvalue weighted by Gasteiger charge is 2.25. The molecule has 2 aliphatic rings. The first-order chi connectivity index (χ1) is 17.3. The summed E-state index contributed by atoms with van der Waals surface area (Å²) in [5.74, 6) is -1.56. The van der Waals surface area contributed by atoms with Crippen molar-refractivity contribution in [2.75, 3.05) is 62.4 Å². The Bertz CT molecular complexity index is 1090. The van der Waals surface area contributed by atoms with E-state index >= 15 is 0 Å². The van der Waals surface area contributed by atoms with Gasteiger partial charge in [0, 0.05) is 49.4 Å². The fraction of sp³-hybridized carbons (Fsp3) is 0.364. The van der Waals surface area contributed by atoms with Gasteiger partial charge in [-0.2, -0.15) is 0 Å². The predicted molar refractivity (Wildman–Crippen MR) is 127 cm³/mol. The molecule has 2 saturated heterocycles. The van der Waals surface area contributed by atoms with Crippen LogP contribution in [0.3, 0.4) is 0 Å². The number of amides is 2. The Morgan fingerprint density at radius 1 is 0.694 bits per heavy atom. The molecule has 0 unspecified atom stereocenters. The number of hydrogen-bond acceptors (Lipinski definition) is 10. The fourth-order valence-electron chi connectivity index (χ4n) is 4.02. The summed E-state index contributed by atoms with van der Waals surface area (Å²) in [5.41, 5.74) is 4.58. The molecule has 2 fully saturated rings. The highest BCUT2D eigenvalue weighted by molar-refractivity contribution is 6.00. The number of carbonyl (C=O) groups is 2.